The molecule has 0 saturated heterocycles. The predicted octanol–water partition coefficient (Wildman–Crippen LogP) is 13.3. The first-order chi connectivity index (χ1) is 27.8. The summed E-state index contributed by atoms with van der Waals surface area (Å²) in [5.74, 6) is 0.715. The molecule has 1 aliphatic carbocycles. The van der Waals surface area contributed by atoms with Gasteiger partial charge in [0.25, 0.3) is 0 Å². The minimum atomic E-state index is 0.507. The Morgan fingerprint density at radius 3 is 2.02 bits per heavy atom. The van der Waals surface area contributed by atoms with Crippen molar-refractivity contribution < 1.29 is 8.83 Å². The summed E-state index contributed by atoms with van der Waals surface area (Å²) in [6.45, 7) is 0. The fourth-order valence-corrected chi connectivity index (χ4v) is 9.79. The second-order valence-corrected chi connectivity index (χ2v) is 14.9. The third-order valence-corrected chi connectivity index (χ3v) is 12.1. The number of hydrogen-bond donors (Lipinski definition) is 0. The molecule has 0 N–H and O–H groups in total. The van der Waals surface area contributed by atoms with Crippen LogP contribution in [0.1, 0.15) is 0 Å². The molecule has 0 amide bonds. The molecule has 0 unspecified atom stereocenters. The van der Waals surface area contributed by atoms with E-state index in [1.807, 2.05) is 18.2 Å². The highest BCUT2D eigenvalue weighted by molar-refractivity contribution is 6.38. The number of hydrogen-bond acceptors (Lipinski definition) is 4. The van der Waals surface area contributed by atoms with E-state index in [1.54, 1.807) is 0 Å². The van der Waals surface area contributed by atoms with Crippen molar-refractivity contribution in [1.82, 2.24) is 19.1 Å². The lowest BCUT2D eigenvalue weighted by Crippen LogP contribution is -2.03. The van der Waals surface area contributed by atoms with Gasteiger partial charge in [0.15, 0.2) is 5.82 Å². The summed E-state index contributed by atoms with van der Waals surface area (Å²) in [7, 11) is 0. The van der Waals surface area contributed by atoms with Gasteiger partial charge < -0.3 is 13.4 Å². The summed E-state index contributed by atoms with van der Waals surface area (Å²) in [5.41, 5.74) is 13.5. The molecule has 258 valence electrons. The predicted molar refractivity (Wildman–Crippen MR) is 227 cm³/mol. The summed E-state index contributed by atoms with van der Waals surface area (Å²) in [4.78, 5) is 11.0. The van der Waals surface area contributed by atoms with Gasteiger partial charge in [-0.2, -0.15) is 4.98 Å². The molecule has 0 radical (unpaired) electrons. The normalized spacial score (nSPS) is 12.6. The lowest BCUT2D eigenvalue weighted by atomic mass is 9.95. The third kappa shape index (κ3) is 3.48. The van der Waals surface area contributed by atoms with Gasteiger partial charge in [0, 0.05) is 49.0 Å². The molecule has 6 nitrogen and oxygen atoms in total. The number of nitrogens with zero attached hydrogens (tertiary/aromatic N) is 4. The summed E-state index contributed by atoms with van der Waals surface area (Å²) in [6, 6.07) is 55.8. The fourth-order valence-electron chi connectivity index (χ4n) is 9.79. The molecule has 0 saturated carbocycles. The van der Waals surface area contributed by atoms with Crippen LogP contribution in [0.2, 0.25) is 0 Å². The number of benzene rings is 8. The number of rotatable bonds is 3. The van der Waals surface area contributed by atoms with Crippen molar-refractivity contribution in [2.75, 3.05) is 0 Å². The monoisotopic (exact) mass is 714 g/mol. The first kappa shape index (κ1) is 28.8. The molecule has 1 aliphatic rings. The Balaban J connectivity index is 1.15. The molecule has 0 aliphatic heterocycles. The Morgan fingerprint density at radius 1 is 0.411 bits per heavy atom. The van der Waals surface area contributed by atoms with Crippen molar-refractivity contribution in [3.8, 4) is 33.9 Å². The molecule has 0 spiro atoms. The van der Waals surface area contributed by atoms with Gasteiger partial charge in [-0.1, -0.05) is 91.0 Å². The zero-order valence-corrected chi connectivity index (χ0v) is 29.6. The largest absolute Gasteiger partial charge is 0.456 e. The number of furan rings is 2. The minimum absolute atomic E-state index is 0.507. The van der Waals surface area contributed by atoms with Crippen molar-refractivity contribution in [1.29, 1.82) is 0 Å². The van der Waals surface area contributed by atoms with Gasteiger partial charge in [0.05, 0.1) is 22.1 Å². The van der Waals surface area contributed by atoms with Crippen molar-refractivity contribution in [2.24, 2.45) is 0 Å². The van der Waals surface area contributed by atoms with E-state index in [0.717, 1.165) is 88.2 Å². The van der Waals surface area contributed by atoms with E-state index in [4.69, 9.17) is 18.8 Å². The molecule has 0 atom stereocenters. The Morgan fingerprint density at radius 2 is 1.11 bits per heavy atom. The third-order valence-electron chi connectivity index (χ3n) is 12.1. The maximum absolute atomic E-state index is 6.57. The van der Waals surface area contributed by atoms with Crippen LogP contribution in [-0.4, -0.2) is 19.1 Å². The van der Waals surface area contributed by atoms with Crippen molar-refractivity contribution in [3.63, 3.8) is 0 Å². The van der Waals surface area contributed by atoms with Crippen LogP contribution < -0.4 is 0 Å². The quantitative estimate of drug-likeness (QED) is 0.183. The molecule has 56 heavy (non-hydrogen) atoms. The van der Waals surface area contributed by atoms with Crippen LogP contribution >= 0.6 is 0 Å². The highest BCUT2D eigenvalue weighted by Gasteiger charge is 2.29. The van der Waals surface area contributed by atoms with Crippen LogP contribution in [-0.2, 0) is 0 Å². The molecule has 8 aromatic carbocycles. The minimum Gasteiger partial charge on any atom is -0.456 e. The van der Waals surface area contributed by atoms with Gasteiger partial charge in [-0.15, -0.1) is 0 Å². The van der Waals surface area contributed by atoms with Gasteiger partial charge >= 0.3 is 0 Å². The average Bonchev–Trinajstić information content (AvgIpc) is 3.98. The summed E-state index contributed by atoms with van der Waals surface area (Å²) < 4.78 is 17.7. The smallest absolute Gasteiger partial charge is 0.248 e. The number of aromatic nitrogens is 4. The Bertz CT molecular complexity index is 3880. The lowest BCUT2D eigenvalue weighted by molar-refractivity contribution is 0.652. The molecule has 6 heteroatoms. The van der Waals surface area contributed by atoms with Crippen LogP contribution in [0.15, 0.2) is 167 Å². The van der Waals surface area contributed by atoms with E-state index in [2.05, 4.69) is 149 Å². The molecule has 14 rings (SSSR count). The highest BCUT2D eigenvalue weighted by atomic mass is 16.3. The zero-order valence-electron chi connectivity index (χ0n) is 29.6. The molecular weight excluding hydrogens is 689 g/mol. The van der Waals surface area contributed by atoms with Crippen molar-refractivity contribution >= 4 is 98.5 Å². The molecule has 5 heterocycles. The van der Waals surface area contributed by atoms with Gasteiger partial charge in [-0.25, -0.2) is 4.98 Å². The van der Waals surface area contributed by atoms with Gasteiger partial charge in [0.1, 0.15) is 28.0 Å². The average molecular weight is 715 g/mol. The second kappa shape index (κ2) is 10.1. The van der Waals surface area contributed by atoms with E-state index < -0.39 is 0 Å². The van der Waals surface area contributed by atoms with Crippen molar-refractivity contribution in [3.05, 3.63) is 158 Å². The molecule has 5 aromatic heterocycles. The first-order valence-electron chi connectivity index (χ1n) is 18.9. The van der Waals surface area contributed by atoms with Crippen LogP contribution in [0, 0.1) is 0 Å². The van der Waals surface area contributed by atoms with Gasteiger partial charge in [-0.3, -0.25) is 4.57 Å². The number of fused-ring (bicyclic) bond motifs is 7. The van der Waals surface area contributed by atoms with E-state index in [9.17, 15) is 0 Å². The molecule has 0 bridgehead atoms. The maximum atomic E-state index is 6.57. The lowest BCUT2D eigenvalue weighted by Gasteiger charge is -2.14. The Hall–Kier alpha value is -7.70. The standard InChI is InChI=1S/C50H26N4O2/c1-2-11-29(12-3-1)53-35-17-6-4-13-30(35)34-26-28(21-22-36(34)53)47-49(52-50-48(51-47)33-14-5-7-18-39(33)56-50)54-37-23-20-27-10-8-15-31-32-16-9-19-40-43(32)46-41(55-40)25-24-38(54)45(46)44(37)42(27)31/h1-26H. The van der Waals surface area contributed by atoms with Crippen LogP contribution in [0.25, 0.3) is 132 Å². The topological polar surface area (TPSA) is 61.9 Å². The second-order valence-electron chi connectivity index (χ2n) is 14.9. The Labute approximate surface area is 317 Å². The molecule has 0 fully saturated rings. The zero-order chi connectivity index (χ0) is 36.2. The first-order valence-corrected chi connectivity index (χ1v) is 18.9. The van der Waals surface area contributed by atoms with E-state index in [-0.39, 0.29) is 0 Å². The number of para-hydroxylation sites is 3. The SMILES string of the molecule is c1ccc(-n2c3ccccc3c3cc(-c4nc5c(nc4-n4c6ccc7cccc8c7c6c6c7c(ccc64)oc4cccc-8c47)oc4ccccc45)ccc32)cc1. The summed E-state index contributed by atoms with van der Waals surface area (Å²) in [6.07, 6.45) is 0. The van der Waals surface area contributed by atoms with Crippen LogP contribution in [0.3, 0.4) is 0 Å². The molecule has 13 aromatic rings. The summed E-state index contributed by atoms with van der Waals surface area (Å²) in [5, 5.41) is 10.3. The van der Waals surface area contributed by atoms with Gasteiger partial charge in [-0.05, 0) is 88.6 Å². The van der Waals surface area contributed by atoms with E-state index >= 15 is 0 Å². The van der Waals surface area contributed by atoms with Gasteiger partial charge in [0.2, 0.25) is 5.71 Å². The molecular formula is C50H26N4O2. The maximum Gasteiger partial charge on any atom is 0.248 e. The van der Waals surface area contributed by atoms with Crippen molar-refractivity contribution in [2.45, 2.75) is 0 Å². The van der Waals surface area contributed by atoms with Crippen LogP contribution in [0.5, 0.6) is 0 Å². The van der Waals surface area contributed by atoms with E-state index in [0.29, 0.717) is 11.5 Å². The fraction of sp³-hybridized carbons (Fsp3) is 0. The Kier molecular flexibility index (Phi) is 5.18. The highest BCUT2D eigenvalue weighted by Crippen LogP contribution is 2.51. The van der Waals surface area contributed by atoms with Crippen LogP contribution in [0.4, 0.5) is 0 Å². The summed E-state index contributed by atoms with van der Waals surface area (Å²) >= 11 is 0. The van der Waals surface area contributed by atoms with E-state index in [1.165, 1.54) is 32.7 Å².